The van der Waals surface area contributed by atoms with Gasteiger partial charge in [-0.2, -0.15) is 0 Å². The fraction of sp³-hybridized carbons (Fsp3) is 0.750. The predicted octanol–water partition coefficient (Wildman–Crippen LogP) is 5.37. The average Bonchev–Trinajstić information content (AvgIpc) is 2.40. The van der Waals surface area contributed by atoms with Crippen molar-refractivity contribution in [3.63, 3.8) is 0 Å². The first-order valence-corrected chi connectivity index (χ1v) is 8.57. The molecule has 118 valence electrons. The third-order valence-electron chi connectivity index (χ3n) is 4.07. The summed E-state index contributed by atoms with van der Waals surface area (Å²) in [6.45, 7) is 8.53. The van der Waals surface area contributed by atoms with E-state index in [1.165, 1.54) is 32.1 Å². The minimum atomic E-state index is -0.215. The van der Waals surface area contributed by atoms with E-state index >= 15 is 0 Å². The van der Waals surface area contributed by atoms with Gasteiger partial charge >= 0.3 is 0 Å². The molecule has 0 N–H and O–H groups in total. The van der Waals surface area contributed by atoms with Crippen LogP contribution in [0.3, 0.4) is 0 Å². The number of aromatic nitrogens is 2. The molecule has 1 aromatic rings. The lowest BCUT2D eigenvalue weighted by Gasteiger charge is -2.44. The van der Waals surface area contributed by atoms with E-state index in [0.717, 1.165) is 5.82 Å². The van der Waals surface area contributed by atoms with Crippen LogP contribution in [0.1, 0.15) is 70.9 Å². The lowest BCUT2D eigenvalue weighted by atomic mass is 9.90. The van der Waals surface area contributed by atoms with Gasteiger partial charge in [0.25, 0.3) is 0 Å². The van der Waals surface area contributed by atoms with Gasteiger partial charge in [-0.25, -0.2) is 9.97 Å². The summed E-state index contributed by atoms with van der Waals surface area (Å²) in [6, 6.07) is 0.490. The van der Waals surface area contributed by atoms with E-state index in [-0.39, 0.29) is 10.9 Å². The summed E-state index contributed by atoms with van der Waals surface area (Å²) in [5.41, 5.74) is 0.681. The molecular weight excluding hydrogens is 305 g/mol. The third kappa shape index (κ3) is 3.81. The van der Waals surface area contributed by atoms with Crippen LogP contribution in [-0.2, 0) is 0 Å². The molecular formula is C16H25Cl2N3. The van der Waals surface area contributed by atoms with Crippen LogP contribution in [0.4, 0.5) is 5.82 Å². The molecule has 2 rings (SSSR count). The summed E-state index contributed by atoms with van der Waals surface area (Å²) in [6.07, 6.45) is 7.86. The quantitative estimate of drug-likeness (QED) is 0.698. The first kappa shape index (κ1) is 16.8. The van der Waals surface area contributed by atoms with E-state index in [0.29, 0.717) is 16.8 Å². The van der Waals surface area contributed by atoms with E-state index in [1.54, 1.807) is 6.33 Å². The van der Waals surface area contributed by atoms with Crippen molar-refractivity contribution >= 4 is 29.0 Å². The number of hydrogen-bond donors (Lipinski definition) is 0. The third-order valence-corrected chi connectivity index (χ3v) is 4.63. The Morgan fingerprint density at radius 1 is 1.19 bits per heavy atom. The maximum atomic E-state index is 6.57. The van der Waals surface area contributed by atoms with Gasteiger partial charge in [0.15, 0.2) is 5.82 Å². The van der Waals surface area contributed by atoms with Gasteiger partial charge in [-0.05, 0) is 40.5 Å². The van der Waals surface area contributed by atoms with E-state index < -0.39 is 0 Å². The van der Waals surface area contributed by atoms with Crippen LogP contribution in [0.25, 0.3) is 0 Å². The molecule has 1 unspecified atom stereocenters. The summed E-state index contributed by atoms with van der Waals surface area (Å²) in [7, 11) is 0. The van der Waals surface area contributed by atoms with Crippen LogP contribution in [-0.4, -0.2) is 21.5 Å². The lowest BCUT2D eigenvalue weighted by molar-refractivity contribution is 0.351. The first-order valence-electron chi connectivity index (χ1n) is 7.76. The SMILES string of the molecule is CC(Cl)c1ncnc(N(C2CCCCC2)C(C)(C)C)c1Cl. The molecule has 0 aliphatic heterocycles. The number of rotatable bonds is 3. The van der Waals surface area contributed by atoms with Gasteiger partial charge in [0.1, 0.15) is 11.3 Å². The van der Waals surface area contributed by atoms with Gasteiger partial charge in [0.05, 0.1) is 11.1 Å². The highest BCUT2D eigenvalue weighted by Gasteiger charge is 2.33. The summed E-state index contributed by atoms with van der Waals surface area (Å²) in [5, 5.41) is 0.382. The van der Waals surface area contributed by atoms with Crippen LogP contribution < -0.4 is 4.90 Å². The maximum Gasteiger partial charge on any atom is 0.151 e. The zero-order valence-corrected chi connectivity index (χ0v) is 14.9. The van der Waals surface area contributed by atoms with Crippen molar-refractivity contribution in [1.82, 2.24) is 9.97 Å². The van der Waals surface area contributed by atoms with Gasteiger partial charge in [0.2, 0.25) is 0 Å². The van der Waals surface area contributed by atoms with E-state index in [1.807, 2.05) is 6.92 Å². The van der Waals surface area contributed by atoms with E-state index in [2.05, 4.69) is 35.6 Å². The number of nitrogens with zero attached hydrogens (tertiary/aromatic N) is 3. The molecule has 1 aliphatic rings. The summed E-state index contributed by atoms with van der Waals surface area (Å²) < 4.78 is 0. The van der Waals surface area contributed by atoms with Gasteiger partial charge < -0.3 is 4.90 Å². The van der Waals surface area contributed by atoms with Crippen molar-refractivity contribution < 1.29 is 0 Å². The molecule has 0 saturated heterocycles. The molecule has 1 aliphatic carbocycles. The Morgan fingerprint density at radius 3 is 2.33 bits per heavy atom. The van der Waals surface area contributed by atoms with Crippen LogP contribution in [0.2, 0.25) is 5.02 Å². The second-order valence-electron chi connectivity index (χ2n) is 6.85. The Labute approximate surface area is 138 Å². The fourth-order valence-electron chi connectivity index (χ4n) is 3.20. The number of hydrogen-bond acceptors (Lipinski definition) is 3. The zero-order chi connectivity index (χ0) is 15.6. The number of halogens is 2. The van der Waals surface area contributed by atoms with Crippen molar-refractivity contribution in [1.29, 1.82) is 0 Å². The van der Waals surface area contributed by atoms with Crippen molar-refractivity contribution in [3.05, 3.63) is 17.0 Å². The molecule has 1 aromatic heterocycles. The van der Waals surface area contributed by atoms with E-state index in [9.17, 15) is 0 Å². The van der Waals surface area contributed by atoms with Crippen molar-refractivity contribution in [2.45, 2.75) is 76.8 Å². The predicted molar refractivity (Wildman–Crippen MR) is 90.4 cm³/mol. The lowest BCUT2D eigenvalue weighted by Crippen LogP contribution is -2.50. The molecule has 5 heteroatoms. The van der Waals surface area contributed by atoms with Crippen LogP contribution >= 0.6 is 23.2 Å². The Balaban J connectivity index is 2.44. The minimum absolute atomic E-state index is 0.0349. The molecule has 1 saturated carbocycles. The molecule has 0 radical (unpaired) electrons. The molecule has 0 amide bonds. The first-order chi connectivity index (χ1) is 9.82. The topological polar surface area (TPSA) is 29.0 Å². The summed E-state index contributed by atoms with van der Waals surface area (Å²) >= 11 is 12.8. The van der Waals surface area contributed by atoms with Crippen molar-refractivity contribution in [2.24, 2.45) is 0 Å². The number of alkyl halides is 1. The molecule has 0 aromatic carbocycles. The summed E-state index contributed by atoms with van der Waals surface area (Å²) in [4.78, 5) is 11.1. The molecule has 0 bridgehead atoms. The van der Waals surface area contributed by atoms with E-state index in [4.69, 9.17) is 23.2 Å². The second kappa shape index (κ2) is 6.70. The fourth-order valence-corrected chi connectivity index (χ4v) is 3.77. The van der Waals surface area contributed by atoms with Crippen molar-refractivity contribution in [2.75, 3.05) is 4.90 Å². The highest BCUT2D eigenvalue weighted by Crippen LogP contribution is 2.38. The van der Waals surface area contributed by atoms with Crippen molar-refractivity contribution in [3.8, 4) is 0 Å². The highest BCUT2D eigenvalue weighted by molar-refractivity contribution is 6.34. The molecule has 1 fully saturated rings. The molecule has 0 spiro atoms. The van der Waals surface area contributed by atoms with Gasteiger partial charge in [-0.1, -0.05) is 30.9 Å². The average molecular weight is 330 g/mol. The van der Waals surface area contributed by atoms with Crippen LogP contribution in [0, 0.1) is 0 Å². The monoisotopic (exact) mass is 329 g/mol. The normalized spacial score (nSPS) is 18.6. The van der Waals surface area contributed by atoms with Gasteiger partial charge in [0, 0.05) is 11.6 Å². The van der Waals surface area contributed by atoms with Crippen LogP contribution in [0.15, 0.2) is 6.33 Å². The maximum absolute atomic E-state index is 6.57. The van der Waals surface area contributed by atoms with Crippen LogP contribution in [0.5, 0.6) is 0 Å². The minimum Gasteiger partial charge on any atom is -0.347 e. The Hall–Kier alpha value is -0.540. The Kier molecular flexibility index (Phi) is 5.37. The number of anilines is 1. The Morgan fingerprint density at radius 2 is 1.81 bits per heavy atom. The zero-order valence-electron chi connectivity index (χ0n) is 13.4. The van der Waals surface area contributed by atoms with Gasteiger partial charge in [-0.15, -0.1) is 11.6 Å². The Bertz CT molecular complexity index is 477. The smallest absolute Gasteiger partial charge is 0.151 e. The largest absolute Gasteiger partial charge is 0.347 e. The second-order valence-corrected chi connectivity index (χ2v) is 7.88. The molecule has 1 atom stereocenters. The molecule has 1 heterocycles. The highest BCUT2D eigenvalue weighted by atomic mass is 35.5. The molecule has 21 heavy (non-hydrogen) atoms. The standard InChI is InChI=1S/C16H25Cl2N3/c1-11(17)14-13(18)15(20-10-19-14)21(16(2,3)4)12-8-6-5-7-9-12/h10-12H,5-9H2,1-4H3. The van der Waals surface area contributed by atoms with Gasteiger partial charge in [-0.3, -0.25) is 0 Å². The summed E-state index contributed by atoms with van der Waals surface area (Å²) in [5.74, 6) is 0.827. The molecule has 3 nitrogen and oxygen atoms in total.